The number of sulfone groups is 1. The van der Waals surface area contributed by atoms with Crippen LogP contribution in [0.5, 0.6) is 0 Å². The molecule has 1 amide bonds. The van der Waals surface area contributed by atoms with E-state index in [2.05, 4.69) is 10.4 Å². The minimum absolute atomic E-state index is 0.133. The number of hydrogen-bond acceptors (Lipinski definition) is 4. The standard InChI is InChI=1S/C20H21N3O3S/c1-15-8-9-18(27(2,25)26)10-19(15)20(24)21-11-17-12-22-23(14-17)13-16-6-4-3-5-7-16/h3-10,12,14H,11,13H2,1-2H3,(H,21,24). The van der Waals surface area contributed by atoms with Crippen molar-refractivity contribution in [2.24, 2.45) is 0 Å². The highest BCUT2D eigenvalue weighted by atomic mass is 32.2. The van der Waals surface area contributed by atoms with E-state index in [9.17, 15) is 13.2 Å². The highest BCUT2D eigenvalue weighted by Crippen LogP contribution is 2.16. The van der Waals surface area contributed by atoms with Gasteiger partial charge in [-0.2, -0.15) is 5.10 Å². The molecule has 0 aliphatic heterocycles. The first-order valence-electron chi connectivity index (χ1n) is 8.47. The Morgan fingerprint density at radius 1 is 1.11 bits per heavy atom. The van der Waals surface area contributed by atoms with Gasteiger partial charge in [0.1, 0.15) is 0 Å². The number of nitrogens with one attached hydrogen (secondary N) is 1. The third-order valence-corrected chi connectivity index (χ3v) is 5.32. The summed E-state index contributed by atoms with van der Waals surface area (Å²) in [6, 6.07) is 14.5. The first-order chi connectivity index (χ1) is 12.8. The molecule has 6 nitrogen and oxygen atoms in total. The number of aromatic nitrogens is 2. The Morgan fingerprint density at radius 3 is 2.56 bits per heavy atom. The molecule has 0 unspecified atom stereocenters. The second-order valence-electron chi connectivity index (χ2n) is 6.46. The van der Waals surface area contributed by atoms with Gasteiger partial charge in [0, 0.05) is 30.1 Å². The largest absolute Gasteiger partial charge is 0.348 e. The molecule has 0 saturated heterocycles. The van der Waals surface area contributed by atoms with Gasteiger partial charge in [-0.25, -0.2) is 8.42 Å². The summed E-state index contributed by atoms with van der Waals surface area (Å²) in [5.41, 5.74) is 3.09. The highest BCUT2D eigenvalue weighted by molar-refractivity contribution is 7.90. The van der Waals surface area contributed by atoms with Gasteiger partial charge in [0.2, 0.25) is 0 Å². The molecule has 3 aromatic rings. The van der Waals surface area contributed by atoms with E-state index in [0.29, 0.717) is 18.7 Å². The first kappa shape index (κ1) is 18.8. The zero-order valence-electron chi connectivity index (χ0n) is 15.2. The van der Waals surface area contributed by atoms with E-state index in [4.69, 9.17) is 0 Å². The summed E-state index contributed by atoms with van der Waals surface area (Å²) in [5.74, 6) is -0.311. The number of benzene rings is 2. The lowest BCUT2D eigenvalue weighted by molar-refractivity contribution is 0.0950. The highest BCUT2D eigenvalue weighted by Gasteiger charge is 2.14. The Kier molecular flexibility index (Phi) is 5.41. The van der Waals surface area contributed by atoms with Gasteiger partial charge < -0.3 is 5.32 Å². The summed E-state index contributed by atoms with van der Waals surface area (Å²) >= 11 is 0. The van der Waals surface area contributed by atoms with Crippen LogP contribution in [-0.2, 0) is 22.9 Å². The van der Waals surface area contributed by atoms with Crippen molar-refractivity contribution < 1.29 is 13.2 Å². The van der Waals surface area contributed by atoms with Gasteiger partial charge >= 0.3 is 0 Å². The number of rotatable bonds is 6. The lowest BCUT2D eigenvalue weighted by Crippen LogP contribution is -2.23. The zero-order chi connectivity index (χ0) is 19.4. The van der Waals surface area contributed by atoms with E-state index in [0.717, 1.165) is 22.9 Å². The number of amides is 1. The molecule has 0 bridgehead atoms. The second-order valence-corrected chi connectivity index (χ2v) is 8.48. The molecular formula is C20H21N3O3S. The minimum Gasteiger partial charge on any atom is -0.348 e. The summed E-state index contributed by atoms with van der Waals surface area (Å²) < 4.78 is 25.2. The van der Waals surface area contributed by atoms with Crippen LogP contribution in [-0.4, -0.2) is 30.4 Å². The van der Waals surface area contributed by atoms with Crippen LogP contribution in [0.15, 0.2) is 65.8 Å². The molecule has 27 heavy (non-hydrogen) atoms. The lowest BCUT2D eigenvalue weighted by atomic mass is 10.1. The molecule has 3 rings (SSSR count). The molecule has 0 radical (unpaired) electrons. The Morgan fingerprint density at radius 2 is 1.85 bits per heavy atom. The van der Waals surface area contributed by atoms with Gasteiger partial charge in [0.05, 0.1) is 17.6 Å². The van der Waals surface area contributed by atoms with Crippen molar-refractivity contribution in [1.29, 1.82) is 0 Å². The van der Waals surface area contributed by atoms with Gasteiger partial charge in [-0.05, 0) is 30.2 Å². The van der Waals surface area contributed by atoms with Crippen molar-refractivity contribution >= 4 is 15.7 Å². The van der Waals surface area contributed by atoms with Crippen LogP contribution >= 0.6 is 0 Å². The molecule has 0 aliphatic carbocycles. The first-order valence-corrected chi connectivity index (χ1v) is 10.4. The van der Waals surface area contributed by atoms with Gasteiger partial charge in [-0.3, -0.25) is 9.48 Å². The van der Waals surface area contributed by atoms with E-state index in [1.807, 2.05) is 41.2 Å². The maximum Gasteiger partial charge on any atom is 0.251 e. The number of carbonyl (C=O) groups excluding carboxylic acids is 1. The quantitative estimate of drug-likeness (QED) is 0.709. The van der Waals surface area contributed by atoms with E-state index in [1.165, 1.54) is 12.1 Å². The Balaban J connectivity index is 1.66. The number of nitrogens with zero attached hydrogens (tertiary/aromatic N) is 2. The molecule has 0 aliphatic rings. The molecule has 0 spiro atoms. The molecule has 1 heterocycles. The average molecular weight is 383 g/mol. The maximum absolute atomic E-state index is 12.5. The van der Waals surface area contributed by atoms with Crippen LogP contribution in [0.2, 0.25) is 0 Å². The Labute approximate surface area is 158 Å². The van der Waals surface area contributed by atoms with Crippen LogP contribution in [0.1, 0.15) is 27.0 Å². The number of aryl methyl sites for hydroxylation is 1. The van der Waals surface area contributed by atoms with Gasteiger partial charge in [0.15, 0.2) is 9.84 Å². The van der Waals surface area contributed by atoms with Crippen molar-refractivity contribution in [3.63, 3.8) is 0 Å². The number of carbonyl (C=O) groups is 1. The van der Waals surface area contributed by atoms with Gasteiger partial charge in [-0.1, -0.05) is 36.4 Å². The molecule has 0 fully saturated rings. The zero-order valence-corrected chi connectivity index (χ0v) is 16.0. The molecule has 1 aromatic heterocycles. The summed E-state index contributed by atoms with van der Waals surface area (Å²) in [6.07, 6.45) is 4.72. The normalized spacial score (nSPS) is 11.3. The fourth-order valence-corrected chi connectivity index (χ4v) is 3.36. The van der Waals surface area contributed by atoms with Crippen molar-refractivity contribution in [2.45, 2.75) is 24.9 Å². The monoisotopic (exact) mass is 383 g/mol. The Bertz CT molecular complexity index is 1060. The fraction of sp³-hybridized carbons (Fsp3) is 0.200. The van der Waals surface area contributed by atoms with Crippen LogP contribution < -0.4 is 5.32 Å². The average Bonchev–Trinajstić information content (AvgIpc) is 3.07. The molecule has 0 saturated carbocycles. The molecular weight excluding hydrogens is 362 g/mol. The van der Waals surface area contributed by atoms with Crippen molar-refractivity contribution in [3.05, 3.63) is 83.2 Å². The van der Waals surface area contributed by atoms with E-state index < -0.39 is 9.84 Å². The molecule has 2 aromatic carbocycles. The molecule has 140 valence electrons. The van der Waals surface area contributed by atoms with Crippen molar-refractivity contribution in [2.75, 3.05) is 6.26 Å². The van der Waals surface area contributed by atoms with Gasteiger partial charge in [0.25, 0.3) is 5.91 Å². The molecule has 0 atom stereocenters. The van der Waals surface area contributed by atoms with Crippen LogP contribution in [0, 0.1) is 6.92 Å². The van der Waals surface area contributed by atoms with Crippen LogP contribution in [0.3, 0.4) is 0 Å². The SMILES string of the molecule is Cc1ccc(S(C)(=O)=O)cc1C(=O)NCc1cnn(Cc2ccccc2)c1. The third kappa shape index (κ3) is 4.83. The number of hydrogen-bond donors (Lipinski definition) is 1. The van der Waals surface area contributed by atoms with Crippen LogP contribution in [0.25, 0.3) is 0 Å². The lowest BCUT2D eigenvalue weighted by Gasteiger charge is -2.08. The maximum atomic E-state index is 12.5. The van der Waals surface area contributed by atoms with Crippen molar-refractivity contribution in [1.82, 2.24) is 15.1 Å². The van der Waals surface area contributed by atoms with Gasteiger partial charge in [-0.15, -0.1) is 0 Å². The van der Waals surface area contributed by atoms with E-state index >= 15 is 0 Å². The molecule has 1 N–H and O–H groups in total. The summed E-state index contributed by atoms with van der Waals surface area (Å²) in [6.45, 7) is 2.75. The van der Waals surface area contributed by atoms with E-state index in [1.54, 1.807) is 19.2 Å². The topological polar surface area (TPSA) is 81.1 Å². The summed E-state index contributed by atoms with van der Waals surface area (Å²) in [5, 5.41) is 7.14. The van der Waals surface area contributed by atoms with Crippen molar-refractivity contribution in [3.8, 4) is 0 Å². The minimum atomic E-state index is -3.36. The second kappa shape index (κ2) is 7.75. The smallest absolute Gasteiger partial charge is 0.251 e. The van der Waals surface area contributed by atoms with Crippen LogP contribution in [0.4, 0.5) is 0 Å². The van der Waals surface area contributed by atoms with E-state index in [-0.39, 0.29) is 10.8 Å². The summed E-state index contributed by atoms with van der Waals surface area (Å²) in [4.78, 5) is 12.6. The predicted octanol–water partition coefficient (Wildman–Crippen LogP) is 2.57. The predicted molar refractivity (Wildman–Crippen MR) is 103 cm³/mol. The summed E-state index contributed by atoms with van der Waals surface area (Å²) in [7, 11) is -3.36. The Hall–Kier alpha value is -2.93. The molecule has 7 heteroatoms. The third-order valence-electron chi connectivity index (χ3n) is 4.21. The fourth-order valence-electron chi connectivity index (χ4n) is 2.71.